The molecular formula is C29H34FN7O2. The van der Waals surface area contributed by atoms with E-state index in [4.69, 9.17) is 19.6 Å². The van der Waals surface area contributed by atoms with Crippen molar-refractivity contribution in [3.8, 4) is 11.4 Å². The van der Waals surface area contributed by atoms with E-state index in [9.17, 15) is 4.39 Å². The quantitative estimate of drug-likeness (QED) is 0.316. The zero-order valence-corrected chi connectivity index (χ0v) is 22.4. The molecule has 1 atom stereocenters. The van der Waals surface area contributed by atoms with Gasteiger partial charge in [0.2, 0.25) is 0 Å². The number of benzene rings is 1. The van der Waals surface area contributed by atoms with Crippen molar-refractivity contribution >= 4 is 17.3 Å². The van der Waals surface area contributed by atoms with Gasteiger partial charge in [0.25, 0.3) is 0 Å². The van der Waals surface area contributed by atoms with E-state index in [-0.39, 0.29) is 18.1 Å². The van der Waals surface area contributed by atoms with Crippen molar-refractivity contribution < 1.29 is 13.9 Å². The van der Waals surface area contributed by atoms with E-state index in [1.165, 1.54) is 6.07 Å². The van der Waals surface area contributed by atoms with Crippen LogP contribution in [-0.4, -0.2) is 84.3 Å². The number of nitrogens with zero attached hydrogens (tertiary/aromatic N) is 7. The second-order valence-electron chi connectivity index (χ2n) is 10.1. The molecule has 2 saturated heterocycles. The first-order chi connectivity index (χ1) is 19.1. The predicted octanol–water partition coefficient (Wildman–Crippen LogP) is 4.01. The van der Waals surface area contributed by atoms with Crippen LogP contribution in [0.1, 0.15) is 24.4 Å². The topological polar surface area (TPSA) is 71.3 Å². The number of imidazole rings is 1. The summed E-state index contributed by atoms with van der Waals surface area (Å²) >= 11 is 0. The number of aromatic nitrogens is 4. The van der Waals surface area contributed by atoms with Crippen molar-refractivity contribution in [1.29, 1.82) is 0 Å². The molecule has 2 fully saturated rings. The lowest BCUT2D eigenvalue weighted by Gasteiger charge is -2.36. The Labute approximate surface area is 227 Å². The minimum Gasteiger partial charge on any atom is -0.355 e. The largest absolute Gasteiger partial charge is 0.355 e. The molecule has 4 aromatic rings. The number of hydrogen-bond donors (Lipinski definition) is 0. The molecule has 204 valence electrons. The van der Waals surface area contributed by atoms with Crippen LogP contribution in [-0.2, 0) is 9.47 Å². The molecule has 0 bridgehead atoms. The molecule has 9 nitrogen and oxygen atoms in total. The van der Waals surface area contributed by atoms with Crippen LogP contribution in [0.3, 0.4) is 0 Å². The summed E-state index contributed by atoms with van der Waals surface area (Å²) in [6, 6.07) is 17.1. The number of hydrogen-bond acceptors (Lipinski definition) is 8. The molecule has 0 aliphatic carbocycles. The van der Waals surface area contributed by atoms with Gasteiger partial charge in [0, 0.05) is 53.5 Å². The number of anilines is 2. The monoisotopic (exact) mass is 531 g/mol. The Morgan fingerprint density at radius 2 is 1.77 bits per heavy atom. The van der Waals surface area contributed by atoms with E-state index >= 15 is 0 Å². The molecule has 0 N–H and O–H groups in total. The van der Waals surface area contributed by atoms with Crippen molar-refractivity contribution in [3.05, 3.63) is 72.2 Å². The molecule has 5 heterocycles. The number of ether oxygens (including phenoxy) is 2. The lowest BCUT2D eigenvalue weighted by atomic mass is 10.0. The van der Waals surface area contributed by atoms with Crippen LogP contribution < -0.4 is 9.80 Å². The van der Waals surface area contributed by atoms with Crippen LogP contribution in [0.5, 0.6) is 0 Å². The first-order valence-electron chi connectivity index (χ1n) is 13.5. The van der Waals surface area contributed by atoms with Gasteiger partial charge in [-0.2, -0.15) is 0 Å². The second-order valence-corrected chi connectivity index (χ2v) is 10.1. The summed E-state index contributed by atoms with van der Waals surface area (Å²) in [4.78, 5) is 16.5. The van der Waals surface area contributed by atoms with Gasteiger partial charge in [0.05, 0.1) is 17.9 Å². The lowest BCUT2D eigenvalue weighted by molar-refractivity contribution is -0.116. The van der Waals surface area contributed by atoms with E-state index < -0.39 is 0 Å². The number of fused-ring (bicyclic) bond motifs is 1. The fraction of sp³-hybridized carbons (Fsp3) is 0.414. The molecule has 2 aliphatic heterocycles. The van der Waals surface area contributed by atoms with Gasteiger partial charge >= 0.3 is 0 Å². The molecule has 0 spiro atoms. The average Bonchev–Trinajstić information content (AvgIpc) is 3.64. The zero-order valence-electron chi connectivity index (χ0n) is 22.4. The normalized spacial score (nSPS) is 18.5. The number of methoxy groups -OCH3 is 2. The molecule has 0 unspecified atom stereocenters. The first kappa shape index (κ1) is 25.7. The van der Waals surface area contributed by atoms with Gasteiger partial charge in [-0.3, -0.25) is 4.90 Å². The summed E-state index contributed by atoms with van der Waals surface area (Å²) < 4.78 is 26.5. The molecule has 0 saturated carbocycles. The van der Waals surface area contributed by atoms with Gasteiger partial charge in [0.1, 0.15) is 23.1 Å². The maximum Gasteiger partial charge on any atom is 0.169 e. The Kier molecular flexibility index (Phi) is 7.40. The van der Waals surface area contributed by atoms with Gasteiger partial charge in [-0.25, -0.2) is 18.9 Å². The summed E-state index contributed by atoms with van der Waals surface area (Å²) in [5, 5.41) is 4.99. The predicted molar refractivity (Wildman–Crippen MR) is 148 cm³/mol. The van der Waals surface area contributed by atoms with Crippen LogP contribution >= 0.6 is 0 Å². The Balaban J connectivity index is 1.23. The number of piperazine rings is 1. The van der Waals surface area contributed by atoms with E-state index in [0.29, 0.717) is 0 Å². The van der Waals surface area contributed by atoms with Gasteiger partial charge in [-0.05, 0) is 54.8 Å². The summed E-state index contributed by atoms with van der Waals surface area (Å²) in [6.45, 7) is 5.21. The SMILES string of the molecule is COC(CN1CCN(c2cccc(-c3cnc4ccc(N5CCC[C@@H]5c5cccc(F)c5)nn34)n2)CC1)OC. The van der Waals surface area contributed by atoms with E-state index in [1.807, 2.05) is 41.0 Å². The maximum absolute atomic E-state index is 14.0. The summed E-state index contributed by atoms with van der Waals surface area (Å²) in [5.74, 6) is 1.59. The highest BCUT2D eigenvalue weighted by Gasteiger charge is 2.28. The fourth-order valence-electron chi connectivity index (χ4n) is 5.65. The highest BCUT2D eigenvalue weighted by molar-refractivity contribution is 5.62. The van der Waals surface area contributed by atoms with E-state index in [0.717, 1.165) is 86.3 Å². The highest BCUT2D eigenvalue weighted by Crippen LogP contribution is 2.35. The third-order valence-corrected chi connectivity index (χ3v) is 7.75. The first-order valence-corrected chi connectivity index (χ1v) is 13.5. The molecule has 10 heteroatoms. The van der Waals surface area contributed by atoms with Crippen LogP contribution in [0.15, 0.2) is 60.8 Å². The number of pyridine rings is 1. The third kappa shape index (κ3) is 5.32. The molecule has 39 heavy (non-hydrogen) atoms. The van der Waals surface area contributed by atoms with Gasteiger partial charge in [0.15, 0.2) is 11.9 Å². The van der Waals surface area contributed by atoms with Crippen molar-refractivity contribution in [2.75, 3.05) is 63.3 Å². The van der Waals surface area contributed by atoms with Crippen molar-refractivity contribution in [2.24, 2.45) is 0 Å². The molecule has 2 aliphatic rings. The van der Waals surface area contributed by atoms with Crippen LogP contribution in [0, 0.1) is 5.82 Å². The third-order valence-electron chi connectivity index (χ3n) is 7.75. The Hall–Kier alpha value is -3.60. The van der Waals surface area contributed by atoms with Crippen molar-refractivity contribution in [1.82, 2.24) is 24.5 Å². The Morgan fingerprint density at radius 3 is 2.56 bits per heavy atom. The van der Waals surface area contributed by atoms with Crippen LogP contribution in [0.4, 0.5) is 16.0 Å². The van der Waals surface area contributed by atoms with Gasteiger partial charge in [-0.15, -0.1) is 5.10 Å². The minimum atomic E-state index is -0.213. The fourth-order valence-corrected chi connectivity index (χ4v) is 5.65. The van der Waals surface area contributed by atoms with Gasteiger partial charge < -0.3 is 19.3 Å². The number of rotatable bonds is 8. The molecule has 1 aromatic carbocycles. The molecule has 3 aromatic heterocycles. The smallest absolute Gasteiger partial charge is 0.169 e. The summed E-state index contributed by atoms with van der Waals surface area (Å²) in [6.07, 6.45) is 3.62. The molecule has 0 amide bonds. The van der Waals surface area contributed by atoms with Crippen LogP contribution in [0.2, 0.25) is 0 Å². The lowest BCUT2D eigenvalue weighted by Crippen LogP contribution is -2.49. The molecular weight excluding hydrogens is 497 g/mol. The maximum atomic E-state index is 14.0. The Bertz CT molecular complexity index is 1420. The second kappa shape index (κ2) is 11.3. The molecule has 6 rings (SSSR count). The Morgan fingerprint density at radius 1 is 0.949 bits per heavy atom. The zero-order chi connectivity index (χ0) is 26.8. The van der Waals surface area contributed by atoms with Crippen molar-refractivity contribution in [3.63, 3.8) is 0 Å². The van der Waals surface area contributed by atoms with E-state index in [2.05, 4.69) is 25.8 Å². The van der Waals surface area contributed by atoms with Crippen LogP contribution in [0.25, 0.3) is 17.0 Å². The highest BCUT2D eigenvalue weighted by atomic mass is 19.1. The molecule has 0 radical (unpaired) electrons. The van der Waals surface area contributed by atoms with Crippen molar-refractivity contribution in [2.45, 2.75) is 25.2 Å². The number of halogens is 1. The summed E-state index contributed by atoms with van der Waals surface area (Å²) in [7, 11) is 3.34. The minimum absolute atomic E-state index is 0.0980. The van der Waals surface area contributed by atoms with E-state index in [1.54, 1.807) is 26.4 Å². The average molecular weight is 532 g/mol. The standard InChI is InChI=1S/C29H34FN7O2/c1-38-29(39-2)20-34-14-16-35(17-15-34)27-10-4-8-23(32-27)25-19-31-26-11-12-28(33-37(25)26)36-13-5-9-24(36)21-6-3-7-22(30)18-21/h3-4,6-8,10-12,18-19,24,29H,5,9,13-17,20H2,1-2H3/t24-/m1/s1. The summed E-state index contributed by atoms with van der Waals surface area (Å²) in [5.41, 5.74) is 3.42. The van der Waals surface area contributed by atoms with Gasteiger partial charge in [-0.1, -0.05) is 18.2 Å².